The highest BCUT2D eigenvalue weighted by molar-refractivity contribution is 6.31. The van der Waals surface area contributed by atoms with Crippen molar-refractivity contribution in [2.24, 2.45) is 0 Å². The van der Waals surface area contributed by atoms with Gasteiger partial charge in [-0.1, -0.05) is 35.4 Å². The second-order valence-electron chi connectivity index (χ2n) is 10.3. The number of nitrogens with zero attached hydrogens (tertiary/aromatic N) is 3. The summed E-state index contributed by atoms with van der Waals surface area (Å²) in [5.74, 6) is -0.183. The van der Waals surface area contributed by atoms with Crippen LogP contribution in [-0.4, -0.2) is 45.4 Å². The number of benzene rings is 2. The van der Waals surface area contributed by atoms with Crippen LogP contribution in [0.25, 0.3) is 5.69 Å². The molecule has 0 saturated carbocycles. The van der Waals surface area contributed by atoms with Crippen LogP contribution in [0.4, 0.5) is 10.5 Å². The Hall–Kier alpha value is -3.32. The average molecular weight is 509 g/mol. The molecule has 8 heteroatoms. The van der Waals surface area contributed by atoms with Gasteiger partial charge in [0.2, 0.25) is 0 Å². The first-order valence-corrected chi connectivity index (χ1v) is 12.6. The first kappa shape index (κ1) is 25.8. The first-order chi connectivity index (χ1) is 17.0. The molecule has 190 valence electrons. The molecule has 2 amide bonds. The second kappa shape index (κ2) is 10.3. The molecule has 0 aliphatic carbocycles. The van der Waals surface area contributed by atoms with Crippen LogP contribution >= 0.6 is 11.6 Å². The van der Waals surface area contributed by atoms with Crippen molar-refractivity contribution in [3.63, 3.8) is 0 Å². The van der Waals surface area contributed by atoms with E-state index in [0.717, 1.165) is 22.5 Å². The monoisotopic (exact) mass is 508 g/mol. The molecule has 36 heavy (non-hydrogen) atoms. The Kier molecular flexibility index (Phi) is 7.41. The predicted octanol–water partition coefficient (Wildman–Crippen LogP) is 6.51. The summed E-state index contributed by atoms with van der Waals surface area (Å²) < 4.78 is 7.41. The van der Waals surface area contributed by atoms with Crippen LogP contribution in [0.1, 0.15) is 66.7 Å². The highest BCUT2D eigenvalue weighted by Gasteiger charge is 2.32. The summed E-state index contributed by atoms with van der Waals surface area (Å²) >= 11 is 6.17. The number of carbonyl (C=O) groups excluding carboxylic acids is 2. The van der Waals surface area contributed by atoms with E-state index < -0.39 is 5.60 Å². The lowest BCUT2D eigenvalue weighted by Gasteiger charge is -2.34. The van der Waals surface area contributed by atoms with Gasteiger partial charge in [-0.15, -0.1) is 0 Å². The van der Waals surface area contributed by atoms with Gasteiger partial charge >= 0.3 is 6.09 Å². The number of halogens is 1. The summed E-state index contributed by atoms with van der Waals surface area (Å²) in [5.41, 5.74) is 4.45. The molecule has 2 heterocycles. The van der Waals surface area contributed by atoms with Gasteiger partial charge in [0.15, 0.2) is 0 Å². The number of hydrogen-bond acceptors (Lipinski definition) is 4. The minimum atomic E-state index is -0.540. The maximum absolute atomic E-state index is 13.5. The Bertz CT molecular complexity index is 1250. The molecule has 1 N–H and O–H groups in total. The number of nitrogens with one attached hydrogen (secondary N) is 1. The van der Waals surface area contributed by atoms with Crippen molar-refractivity contribution in [2.75, 3.05) is 18.4 Å². The molecule has 7 nitrogen and oxygen atoms in total. The van der Waals surface area contributed by atoms with Gasteiger partial charge in [-0.3, -0.25) is 4.79 Å². The molecule has 2 aromatic carbocycles. The molecule has 1 aromatic heterocycles. The molecule has 1 aliphatic heterocycles. The second-order valence-corrected chi connectivity index (χ2v) is 10.8. The van der Waals surface area contributed by atoms with Crippen molar-refractivity contribution in [3.8, 4) is 5.69 Å². The Morgan fingerprint density at radius 2 is 1.72 bits per heavy atom. The number of rotatable bonds is 4. The summed E-state index contributed by atoms with van der Waals surface area (Å²) in [7, 11) is 0. The lowest BCUT2D eigenvalue weighted by molar-refractivity contribution is 0.0203. The van der Waals surface area contributed by atoms with E-state index in [1.165, 1.54) is 0 Å². The summed E-state index contributed by atoms with van der Waals surface area (Å²) in [5, 5.41) is 8.19. The van der Waals surface area contributed by atoms with Gasteiger partial charge < -0.3 is 15.0 Å². The number of aryl methyl sites for hydroxylation is 2. The largest absolute Gasteiger partial charge is 0.444 e. The number of piperidine rings is 1. The number of amides is 2. The van der Waals surface area contributed by atoms with E-state index in [0.29, 0.717) is 42.2 Å². The van der Waals surface area contributed by atoms with Crippen molar-refractivity contribution in [1.29, 1.82) is 0 Å². The third kappa shape index (κ3) is 5.90. The van der Waals surface area contributed by atoms with Gasteiger partial charge in [-0.2, -0.15) is 5.10 Å². The lowest BCUT2D eigenvalue weighted by atomic mass is 9.90. The number of carbonyl (C=O) groups is 2. The number of hydrogen-bond donors (Lipinski definition) is 1. The molecule has 0 atom stereocenters. The van der Waals surface area contributed by atoms with E-state index in [9.17, 15) is 9.59 Å². The van der Waals surface area contributed by atoms with Crippen LogP contribution in [0.2, 0.25) is 5.02 Å². The number of ether oxygens (including phenoxy) is 1. The smallest absolute Gasteiger partial charge is 0.410 e. The molecular formula is C28H33ClN4O3. The number of anilines is 1. The standard InChI is InChI=1S/C28H33ClN4O3/c1-18-6-10-22(11-7-18)33-25(20-12-14-32(15-13-20)27(35)36-28(3,4)5)23(17-30-33)26(34)31-24-16-21(29)9-8-19(24)2/h6-11,16-17,20H,12-15H2,1-5H3,(H,31,34). The zero-order valence-corrected chi connectivity index (χ0v) is 22.2. The Labute approximate surface area is 217 Å². The van der Waals surface area contributed by atoms with Crippen molar-refractivity contribution in [3.05, 3.63) is 76.1 Å². The molecule has 3 aromatic rings. The van der Waals surface area contributed by atoms with E-state index >= 15 is 0 Å². The van der Waals surface area contributed by atoms with Crippen molar-refractivity contribution in [2.45, 2.75) is 59.0 Å². The van der Waals surface area contributed by atoms with Crippen LogP contribution in [0.15, 0.2) is 48.7 Å². The summed E-state index contributed by atoms with van der Waals surface area (Å²) in [6, 6.07) is 13.5. The summed E-state index contributed by atoms with van der Waals surface area (Å²) in [6.45, 7) is 10.7. The molecule has 4 rings (SSSR count). The Morgan fingerprint density at radius 3 is 2.36 bits per heavy atom. The van der Waals surface area contributed by atoms with Crippen molar-refractivity contribution < 1.29 is 14.3 Å². The van der Waals surface area contributed by atoms with E-state index in [1.807, 2.05) is 69.6 Å². The maximum Gasteiger partial charge on any atom is 0.410 e. The van der Waals surface area contributed by atoms with Gasteiger partial charge in [-0.25, -0.2) is 9.48 Å². The molecule has 1 fully saturated rings. The van der Waals surface area contributed by atoms with Gasteiger partial charge in [0, 0.05) is 29.7 Å². The number of likely N-dealkylation sites (tertiary alicyclic amines) is 1. The molecular weight excluding hydrogens is 476 g/mol. The fraction of sp³-hybridized carbons (Fsp3) is 0.393. The fourth-order valence-electron chi connectivity index (χ4n) is 4.40. The van der Waals surface area contributed by atoms with E-state index in [2.05, 4.69) is 10.4 Å². The summed E-state index contributed by atoms with van der Waals surface area (Å²) in [6.07, 6.45) is 2.73. The van der Waals surface area contributed by atoms with Crippen LogP contribution in [0, 0.1) is 13.8 Å². The zero-order chi connectivity index (χ0) is 26.0. The maximum atomic E-state index is 13.5. The predicted molar refractivity (Wildman–Crippen MR) is 142 cm³/mol. The minimum Gasteiger partial charge on any atom is -0.444 e. The van der Waals surface area contributed by atoms with Gasteiger partial charge in [0.25, 0.3) is 5.91 Å². The molecule has 0 unspecified atom stereocenters. The lowest BCUT2D eigenvalue weighted by Crippen LogP contribution is -2.41. The normalized spacial score (nSPS) is 14.6. The van der Waals surface area contributed by atoms with Crippen LogP contribution in [0.5, 0.6) is 0 Å². The topological polar surface area (TPSA) is 76.5 Å². The first-order valence-electron chi connectivity index (χ1n) is 12.2. The van der Waals surface area contributed by atoms with E-state index in [-0.39, 0.29) is 17.9 Å². The van der Waals surface area contributed by atoms with Crippen molar-refractivity contribution in [1.82, 2.24) is 14.7 Å². The molecule has 0 spiro atoms. The molecule has 0 radical (unpaired) electrons. The highest BCUT2D eigenvalue weighted by atomic mass is 35.5. The SMILES string of the molecule is Cc1ccc(-n2ncc(C(=O)Nc3cc(Cl)ccc3C)c2C2CCN(C(=O)OC(C)(C)C)CC2)cc1. The van der Waals surface area contributed by atoms with Gasteiger partial charge in [0.05, 0.1) is 23.1 Å². The molecule has 1 aliphatic rings. The van der Waals surface area contributed by atoms with Crippen LogP contribution in [-0.2, 0) is 4.74 Å². The minimum absolute atomic E-state index is 0.0497. The Morgan fingerprint density at radius 1 is 1.06 bits per heavy atom. The average Bonchev–Trinajstić information content (AvgIpc) is 3.26. The van der Waals surface area contributed by atoms with E-state index in [1.54, 1.807) is 23.2 Å². The summed E-state index contributed by atoms with van der Waals surface area (Å²) in [4.78, 5) is 27.8. The zero-order valence-electron chi connectivity index (χ0n) is 21.5. The quantitative estimate of drug-likeness (QED) is 0.436. The Balaban J connectivity index is 1.63. The van der Waals surface area contributed by atoms with Crippen molar-refractivity contribution >= 4 is 29.3 Å². The van der Waals surface area contributed by atoms with Crippen LogP contribution < -0.4 is 5.32 Å². The number of aromatic nitrogens is 2. The fourth-order valence-corrected chi connectivity index (χ4v) is 4.57. The molecule has 0 bridgehead atoms. The van der Waals surface area contributed by atoms with E-state index in [4.69, 9.17) is 16.3 Å². The third-order valence-corrected chi connectivity index (χ3v) is 6.55. The highest BCUT2D eigenvalue weighted by Crippen LogP contribution is 2.33. The van der Waals surface area contributed by atoms with Crippen LogP contribution in [0.3, 0.4) is 0 Å². The molecule has 1 saturated heterocycles. The van der Waals surface area contributed by atoms with Gasteiger partial charge in [-0.05, 0) is 77.3 Å². The third-order valence-electron chi connectivity index (χ3n) is 6.31. The van der Waals surface area contributed by atoms with Gasteiger partial charge in [0.1, 0.15) is 5.60 Å².